The Kier molecular flexibility index (Phi) is 2.91. The Hall–Kier alpha value is -2.75. The Morgan fingerprint density at radius 1 is 1.10 bits per heavy atom. The number of methoxy groups -OCH3 is 1. The van der Waals surface area contributed by atoms with Gasteiger partial charge in [0.1, 0.15) is 11.4 Å². The van der Waals surface area contributed by atoms with Crippen molar-refractivity contribution in [3.63, 3.8) is 0 Å². The summed E-state index contributed by atoms with van der Waals surface area (Å²) in [5, 5.41) is 0.772. The fourth-order valence-electron chi connectivity index (χ4n) is 2.35. The molecule has 0 spiro atoms. The van der Waals surface area contributed by atoms with E-state index in [0.717, 1.165) is 22.0 Å². The highest BCUT2D eigenvalue weighted by Gasteiger charge is 2.17. The quantitative estimate of drug-likeness (QED) is 0.700. The summed E-state index contributed by atoms with van der Waals surface area (Å²) >= 11 is 0. The van der Waals surface area contributed by atoms with E-state index >= 15 is 0 Å². The van der Waals surface area contributed by atoms with Gasteiger partial charge in [-0.1, -0.05) is 42.5 Å². The van der Waals surface area contributed by atoms with Crippen LogP contribution in [-0.4, -0.2) is 18.1 Å². The maximum absolute atomic E-state index is 11.7. The lowest BCUT2D eigenvalue weighted by molar-refractivity contribution is 0.0604. The highest BCUT2D eigenvalue weighted by Crippen LogP contribution is 2.29. The van der Waals surface area contributed by atoms with E-state index in [-0.39, 0.29) is 0 Å². The Bertz CT molecular complexity index is 776. The van der Waals surface area contributed by atoms with E-state index in [1.165, 1.54) is 7.11 Å². The van der Waals surface area contributed by atoms with Crippen LogP contribution in [0.25, 0.3) is 22.0 Å². The van der Waals surface area contributed by atoms with Gasteiger partial charge < -0.3 is 15.5 Å². The second-order valence-corrected chi connectivity index (χ2v) is 4.53. The van der Waals surface area contributed by atoms with Gasteiger partial charge in [-0.25, -0.2) is 4.79 Å². The third-order valence-corrected chi connectivity index (χ3v) is 3.32. The molecule has 0 radical (unpaired) electrons. The van der Waals surface area contributed by atoms with Gasteiger partial charge in [0, 0.05) is 10.9 Å². The first-order valence-electron chi connectivity index (χ1n) is 6.25. The Morgan fingerprint density at radius 3 is 2.55 bits per heavy atom. The second-order valence-electron chi connectivity index (χ2n) is 4.53. The van der Waals surface area contributed by atoms with E-state index in [0.29, 0.717) is 11.4 Å². The lowest BCUT2D eigenvalue weighted by Gasteiger charge is -2.02. The van der Waals surface area contributed by atoms with E-state index in [1.807, 2.05) is 48.5 Å². The number of fused-ring (bicyclic) bond motifs is 1. The summed E-state index contributed by atoms with van der Waals surface area (Å²) in [6.07, 6.45) is 0. The van der Waals surface area contributed by atoms with Crippen LogP contribution >= 0.6 is 0 Å². The zero-order valence-corrected chi connectivity index (χ0v) is 11.0. The molecule has 0 unspecified atom stereocenters. The van der Waals surface area contributed by atoms with Crippen LogP contribution in [0.15, 0.2) is 48.5 Å². The summed E-state index contributed by atoms with van der Waals surface area (Å²) < 4.78 is 4.76. The molecule has 0 aliphatic heterocycles. The Morgan fingerprint density at radius 2 is 1.85 bits per heavy atom. The van der Waals surface area contributed by atoms with Crippen molar-refractivity contribution < 1.29 is 9.53 Å². The molecule has 0 atom stereocenters. The number of benzene rings is 2. The van der Waals surface area contributed by atoms with Crippen molar-refractivity contribution in [1.82, 2.24) is 4.98 Å². The third kappa shape index (κ3) is 1.91. The fourth-order valence-corrected chi connectivity index (χ4v) is 2.35. The Labute approximate surface area is 116 Å². The van der Waals surface area contributed by atoms with E-state index in [4.69, 9.17) is 10.5 Å². The summed E-state index contributed by atoms with van der Waals surface area (Å²) in [6.45, 7) is 0. The molecule has 100 valence electrons. The van der Waals surface area contributed by atoms with Gasteiger partial charge in [-0.15, -0.1) is 0 Å². The SMILES string of the molecule is COC(=O)c1c(N)[nH]c2cc(-c3ccccc3)ccc12. The molecule has 20 heavy (non-hydrogen) atoms. The van der Waals surface area contributed by atoms with Crippen LogP contribution in [0, 0.1) is 0 Å². The molecule has 4 heteroatoms. The third-order valence-electron chi connectivity index (χ3n) is 3.32. The predicted molar refractivity (Wildman–Crippen MR) is 79.5 cm³/mol. The second kappa shape index (κ2) is 4.74. The van der Waals surface area contributed by atoms with Crippen LogP contribution in [0.5, 0.6) is 0 Å². The molecule has 0 saturated heterocycles. The number of hydrogen-bond acceptors (Lipinski definition) is 3. The molecule has 0 bridgehead atoms. The van der Waals surface area contributed by atoms with Crippen molar-refractivity contribution >= 4 is 22.7 Å². The summed E-state index contributed by atoms with van der Waals surface area (Å²) in [7, 11) is 1.35. The molecule has 0 aliphatic rings. The zero-order valence-electron chi connectivity index (χ0n) is 11.0. The first-order chi connectivity index (χ1) is 9.70. The standard InChI is InChI=1S/C16H14N2O2/c1-20-16(19)14-12-8-7-11(9-13(12)18-15(14)17)10-5-3-2-4-6-10/h2-9,18H,17H2,1H3. The van der Waals surface area contributed by atoms with Crippen molar-refractivity contribution in [2.75, 3.05) is 12.8 Å². The lowest BCUT2D eigenvalue weighted by Crippen LogP contribution is -2.03. The monoisotopic (exact) mass is 266 g/mol. The molecule has 0 aliphatic carbocycles. The maximum Gasteiger partial charge on any atom is 0.342 e. The maximum atomic E-state index is 11.7. The van der Waals surface area contributed by atoms with Crippen LogP contribution in [0.2, 0.25) is 0 Å². The Balaban J connectivity index is 2.17. The van der Waals surface area contributed by atoms with Gasteiger partial charge in [0.2, 0.25) is 0 Å². The van der Waals surface area contributed by atoms with Gasteiger partial charge in [0.15, 0.2) is 0 Å². The van der Waals surface area contributed by atoms with Crippen LogP contribution in [0.3, 0.4) is 0 Å². The van der Waals surface area contributed by atoms with Crippen LogP contribution in [-0.2, 0) is 4.74 Å². The first-order valence-corrected chi connectivity index (χ1v) is 6.25. The molecule has 3 rings (SSSR count). The number of nitrogen functional groups attached to an aromatic ring is 1. The van der Waals surface area contributed by atoms with Gasteiger partial charge in [0.05, 0.1) is 7.11 Å². The van der Waals surface area contributed by atoms with Gasteiger partial charge in [0.25, 0.3) is 0 Å². The highest BCUT2D eigenvalue weighted by atomic mass is 16.5. The van der Waals surface area contributed by atoms with E-state index in [1.54, 1.807) is 0 Å². The predicted octanol–water partition coefficient (Wildman–Crippen LogP) is 3.20. The largest absolute Gasteiger partial charge is 0.465 e. The number of aromatic amines is 1. The van der Waals surface area contributed by atoms with Crippen molar-refractivity contribution in [1.29, 1.82) is 0 Å². The van der Waals surface area contributed by atoms with Crippen molar-refractivity contribution in [3.05, 3.63) is 54.1 Å². The first kappa shape index (κ1) is 12.3. The minimum absolute atomic E-state index is 0.331. The summed E-state index contributed by atoms with van der Waals surface area (Å²) in [5.74, 6) is -0.0988. The minimum atomic E-state index is -0.429. The molecule has 0 amide bonds. The molecule has 1 aromatic heterocycles. The molecule has 2 aromatic carbocycles. The number of H-pyrrole nitrogens is 1. The number of esters is 1. The average molecular weight is 266 g/mol. The normalized spacial score (nSPS) is 10.7. The number of nitrogens with two attached hydrogens (primary N) is 1. The molecule has 3 N–H and O–H groups in total. The number of aromatic nitrogens is 1. The number of nitrogens with one attached hydrogen (secondary N) is 1. The molecular weight excluding hydrogens is 252 g/mol. The smallest absolute Gasteiger partial charge is 0.342 e. The molecule has 4 nitrogen and oxygen atoms in total. The number of carbonyl (C=O) groups is 1. The minimum Gasteiger partial charge on any atom is -0.465 e. The van der Waals surface area contributed by atoms with Crippen molar-refractivity contribution in [3.8, 4) is 11.1 Å². The number of rotatable bonds is 2. The van der Waals surface area contributed by atoms with Crippen molar-refractivity contribution in [2.24, 2.45) is 0 Å². The topological polar surface area (TPSA) is 68.1 Å². The highest BCUT2D eigenvalue weighted by molar-refractivity contribution is 6.09. The fraction of sp³-hybridized carbons (Fsp3) is 0.0625. The molecule has 0 saturated carbocycles. The van der Waals surface area contributed by atoms with E-state index in [2.05, 4.69) is 4.98 Å². The number of hydrogen-bond donors (Lipinski definition) is 2. The molecule has 3 aromatic rings. The van der Waals surface area contributed by atoms with Crippen molar-refractivity contribution in [2.45, 2.75) is 0 Å². The summed E-state index contributed by atoms with van der Waals surface area (Å²) in [6, 6.07) is 15.9. The summed E-state index contributed by atoms with van der Waals surface area (Å²) in [4.78, 5) is 14.8. The van der Waals surface area contributed by atoms with E-state index < -0.39 is 5.97 Å². The van der Waals surface area contributed by atoms with Crippen LogP contribution in [0.1, 0.15) is 10.4 Å². The van der Waals surface area contributed by atoms with E-state index in [9.17, 15) is 4.79 Å². The average Bonchev–Trinajstić information content (AvgIpc) is 2.82. The van der Waals surface area contributed by atoms with Crippen LogP contribution < -0.4 is 5.73 Å². The van der Waals surface area contributed by atoms with Crippen LogP contribution in [0.4, 0.5) is 5.82 Å². The summed E-state index contributed by atoms with van der Waals surface area (Å²) in [5.41, 5.74) is 9.26. The number of carbonyl (C=O) groups excluding carboxylic acids is 1. The van der Waals surface area contributed by atoms with Gasteiger partial charge in [-0.05, 0) is 17.2 Å². The number of ether oxygens (including phenoxy) is 1. The lowest BCUT2D eigenvalue weighted by atomic mass is 10.0. The number of anilines is 1. The van der Waals surface area contributed by atoms with Gasteiger partial charge >= 0.3 is 5.97 Å². The molecular formula is C16H14N2O2. The van der Waals surface area contributed by atoms with Gasteiger partial charge in [-0.3, -0.25) is 0 Å². The zero-order chi connectivity index (χ0) is 14.1. The molecule has 1 heterocycles. The molecule has 0 fully saturated rings. The van der Waals surface area contributed by atoms with Gasteiger partial charge in [-0.2, -0.15) is 0 Å².